The van der Waals surface area contributed by atoms with E-state index in [4.69, 9.17) is 26.3 Å². The highest BCUT2D eigenvalue weighted by Crippen LogP contribution is 2.32. The van der Waals surface area contributed by atoms with Crippen molar-refractivity contribution in [3.05, 3.63) is 47.2 Å². The van der Waals surface area contributed by atoms with Gasteiger partial charge in [0.05, 0.1) is 12.2 Å². The lowest BCUT2D eigenvalue weighted by Crippen LogP contribution is -2.32. The second kappa shape index (κ2) is 7.58. The van der Waals surface area contributed by atoms with Gasteiger partial charge in [0.25, 0.3) is 0 Å². The number of anilines is 4. The van der Waals surface area contributed by atoms with Gasteiger partial charge >= 0.3 is 10.3 Å². The zero-order valence-corrected chi connectivity index (χ0v) is 16.6. The highest BCUT2D eigenvalue weighted by atomic mass is 32.2. The van der Waals surface area contributed by atoms with E-state index in [2.05, 4.69) is 9.97 Å². The molecule has 0 fully saturated rings. The van der Waals surface area contributed by atoms with Gasteiger partial charge in [0, 0.05) is 0 Å². The summed E-state index contributed by atoms with van der Waals surface area (Å²) in [6.45, 7) is 3.60. The van der Waals surface area contributed by atoms with E-state index >= 15 is 0 Å². The second-order valence-corrected chi connectivity index (χ2v) is 7.59. The van der Waals surface area contributed by atoms with Gasteiger partial charge in [0.2, 0.25) is 5.95 Å². The number of hydrogen-bond donors (Lipinski definition) is 5. The molecule has 8 N–H and O–H groups in total. The molecule has 0 atom stereocenters. The fourth-order valence-corrected chi connectivity index (χ4v) is 3.23. The number of aromatic nitrogens is 2. The predicted octanol–water partition coefficient (Wildman–Crippen LogP) is 1.61. The van der Waals surface area contributed by atoms with Crippen molar-refractivity contribution in [2.75, 3.05) is 21.2 Å². The van der Waals surface area contributed by atoms with Gasteiger partial charge in [-0.05, 0) is 43.2 Å². The maximum atomic E-state index is 11.1. The number of hydrogen-bond acceptors (Lipinski definition) is 9. The zero-order valence-electron chi connectivity index (χ0n) is 15.7. The van der Waals surface area contributed by atoms with Gasteiger partial charge in [0.15, 0.2) is 11.6 Å². The van der Waals surface area contributed by atoms with Gasteiger partial charge in [-0.3, -0.25) is 14.3 Å². The fraction of sp³-hybridized carbons (Fsp3) is 0.176. The van der Waals surface area contributed by atoms with Crippen molar-refractivity contribution >= 4 is 33.4 Å². The molecule has 0 unspecified atom stereocenters. The molecule has 2 aromatic heterocycles. The van der Waals surface area contributed by atoms with E-state index in [1.54, 1.807) is 44.2 Å². The lowest BCUT2D eigenvalue weighted by molar-refractivity contribution is 0.489. The molecule has 0 radical (unpaired) electrons. The minimum atomic E-state index is -4.41. The molecule has 154 valence electrons. The summed E-state index contributed by atoms with van der Waals surface area (Å²) in [7, 11) is -4.41. The average Bonchev–Trinajstić information content (AvgIpc) is 3.04. The number of benzene rings is 1. The molecule has 1 aromatic carbocycles. The Bertz CT molecular complexity index is 1160. The van der Waals surface area contributed by atoms with Crippen LogP contribution in [0.3, 0.4) is 0 Å². The highest BCUT2D eigenvalue weighted by molar-refractivity contribution is 7.87. The summed E-state index contributed by atoms with van der Waals surface area (Å²) in [5.74, 6) is 7.41. The minimum absolute atomic E-state index is 0.0358. The summed E-state index contributed by atoms with van der Waals surface area (Å²) >= 11 is 0. The molecule has 0 bridgehead atoms. The molecule has 11 nitrogen and oxygen atoms in total. The summed E-state index contributed by atoms with van der Waals surface area (Å²) in [5, 5.41) is 1.26. The third-order valence-electron chi connectivity index (χ3n) is 4.08. The summed E-state index contributed by atoms with van der Waals surface area (Å²) < 4.78 is 38.9. The topological polar surface area (TPSA) is 187 Å². The molecule has 0 amide bonds. The lowest BCUT2D eigenvalue weighted by atomic mass is 10.1. The number of rotatable bonds is 6. The monoisotopic (exact) mass is 419 g/mol. The maximum Gasteiger partial charge on any atom is 0.357 e. The van der Waals surface area contributed by atoms with Crippen molar-refractivity contribution in [1.29, 1.82) is 0 Å². The normalized spacial score (nSPS) is 11.4. The van der Waals surface area contributed by atoms with Crippen LogP contribution >= 0.6 is 0 Å². The van der Waals surface area contributed by atoms with Crippen LogP contribution in [0.4, 0.5) is 23.1 Å². The first-order chi connectivity index (χ1) is 13.5. The first-order valence-corrected chi connectivity index (χ1v) is 9.84. The Labute approximate surface area is 167 Å². The number of nitrogens with one attached hydrogen (secondary N) is 1. The maximum absolute atomic E-state index is 11.1. The quantitative estimate of drug-likeness (QED) is 0.223. The first-order valence-electron chi connectivity index (χ1n) is 8.40. The van der Waals surface area contributed by atoms with E-state index in [-0.39, 0.29) is 29.7 Å². The Morgan fingerprint density at radius 2 is 1.90 bits per heavy atom. The summed E-state index contributed by atoms with van der Waals surface area (Å²) in [4.78, 5) is 8.24. The Morgan fingerprint density at radius 1 is 1.17 bits per heavy atom. The van der Waals surface area contributed by atoms with E-state index in [1.165, 1.54) is 5.01 Å². The average molecular weight is 419 g/mol. The number of nitrogen functional groups attached to an aromatic ring is 2. The van der Waals surface area contributed by atoms with Crippen LogP contribution in [0.1, 0.15) is 16.9 Å². The van der Waals surface area contributed by atoms with Gasteiger partial charge in [0.1, 0.15) is 17.1 Å². The van der Waals surface area contributed by atoms with Crippen LogP contribution in [0, 0.1) is 13.8 Å². The zero-order chi connectivity index (χ0) is 21.3. The lowest BCUT2D eigenvalue weighted by Gasteiger charge is -2.21. The van der Waals surface area contributed by atoms with Crippen molar-refractivity contribution < 1.29 is 17.4 Å². The van der Waals surface area contributed by atoms with Crippen molar-refractivity contribution in [1.82, 2.24) is 9.97 Å². The van der Waals surface area contributed by atoms with Crippen molar-refractivity contribution in [2.45, 2.75) is 20.4 Å². The smallest absolute Gasteiger partial charge is 0.357 e. The van der Waals surface area contributed by atoms with E-state index in [9.17, 15) is 8.42 Å². The van der Waals surface area contributed by atoms with Gasteiger partial charge in [-0.1, -0.05) is 12.1 Å². The predicted molar refractivity (Wildman–Crippen MR) is 110 cm³/mol. The van der Waals surface area contributed by atoms with E-state index in [0.29, 0.717) is 28.3 Å². The largest absolute Gasteiger partial charge is 0.460 e. The Kier molecular flexibility index (Phi) is 5.33. The third kappa shape index (κ3) is 4.74. The molecule has 3 aromatic rings. The summed E-state index contributed by atoms with van der Waals surface area (Å²) in [6.07, 6.45) is 0. The number of aryl methyl sites for hydroxylation is 2. The molecule has 0 spiro atoms. The van der Waals surface area contributed by atoms with Crippen molar-refractivity contribution in [3.63, 3.8) is 0 Å². The fourth-order valence-electron chi connectivity index (χ4n) is 2.73. The number of nitrogens with two attached hydrogens (primary N) is 3. The van der Waals surface area contributed by atoms with Crippen LogP contribution in [0.2, 0.25) is 0 Å². The molecule has 0 aliphatic rings. The standard InChI is InChI=1S/C17H21N7O4S/c1-9-3-5-11(7-12(9)23-29(25,26)27)8-24(20)16-14(18)15(21-17(19)22-16)13-6-4-10(2)28-13/h3-7,23H,8,18,20H2,1-2H3,(H2,19,21,22)(H,25,26,27). The van der Waals surface area contributed by atoms with E-state index in [1.807, 2.05) is 4.72 Å². The number of hydrazine groups is 1. The molecule has 2 heterocycles. The summed E-state index contributed by atoms with van der Waals surface area (Å²) in [6, 6.07) is 8.46. The Morgan fingerprint density at radius 3 is 2.52 bits per heavy atom. The number of furan rings is 1. The molecule has 0 saturated heterocycles. The minimum Gasteiger partial charge on any atom is -0.460 e. The SMILES string of the molecule is Cc1ccc(-c2nc(N)nc(N(N)Cc3ccc(C)c(NS(=O)(=O)O)c3)c2N)o1. The molecular formula is C17H21N7O4S. The van der Waals surface area contributed by atoms with Crippen LogP contribution in [0.5, 0.6) is 0 Å². The molecule has 29 heavy (non-hydrogen) atoms. The van der Waals surface area contributed by atoms with Gasteiger partial charge in [-0.2, -0.15) is 13.4 Å². The first kappa shape index (κ1) is 20.4. The van der Waals surface area contributed by atoms with Crippen LogP contribution in [-0.2, 0) is 16.8 Å². The number of nitrogens with zero attached hydrogens (tertiary/aromatic N) is 3. The van der Waals surface area contributed by atoms with E-state index in [0.717, 1.165) is 0 Å². The molecule has 0 saturated carbocycles. The van der Waals surface area contributed by atoms with Gasteiger partial charge in [-0.15, -0.1) is 0 Å². The van der Waals surface area contributed by atoms with Crippen LogP contribution < -0.4 is 27.0 Å². The molecule has 12 heteroatoms. The Balaban J connectivity index is 1.93. The highest BCUT2D eigenvalue weighted by Gasteiger charge is 2.19. The van der Waals surface area contributed by atoms with Crippen LogP contribution in [0.15, 0.2) is 34.7 Å². The van der Waals surface area contributed by atoms with Gasteiger partial charge in [-0.25, -0.2) is 10.8 Å². The van der Waals surface area contributed by atoms with Crippen LogP contribution in [0.25, 0.3) is 11.5 Å². The van der Waals surface area contributed by atoms with Gasteiger partial charge < -0.3 is 15.9 Å². The third-order valence-corrected chi connectivity index (χ3v) is 4.56. The van der Waals surface area contributed by atoms with Crippen molar-refractivity contribution in [3.8, 4) is 11.5 Å². The molecule has 3 rings (SSSR count). The Hall–Kier alpha value is -3.35. The second-order valence-electron chi connectivity index (χ2n) is 6.43. The van der Waals surface area contributed by atoms with Crippen LogP contribution in [-0.4, -0.2) is 22.9 Å². The molecule has 0 aliphatic heterocycles. The molecule has 0 aliphatic carbocycles. The summed E-state index contributed by atoms with van der Waals surface area (Å²) in [5.41, 5.74) is 14.0. The van der Waals surface area contributed by atoms with E-state index < -0.39 is 10.3 Å². The van der Waals surface area contributed by atoms with Crippen molar-refractivity contribution in [2.24, 2.45) is 5.84 Å². The molecular weight excluding hydrogens is 398 g/mol.